The average molecular weight is 482 g/mol. The minimum Gasteiger partial charge on any atom is -0.390 e. The van der Waals surface area contributed by atoms with Gasteiger partial charge in [0.15, 0.2) is 11.6 Å². The van der Waals surface area contributed by atoms with E-state index in [4.69, 9.17) is 10.6 Å². The molecule has 3 aromatic rings. The van der Waals surface area contributed by atoms with Crippen LogP contribution in [0.3, 0.4) is 0 Å². The number of rotatable bonds is 9. The molecule has 0 saturated heterocycles. The van der Waals surface area contributed by atoms with E-state index in [-0.39, 0.29) is 23.7 Å². The zero-order valence-corrected chi connectivity index (χ0v) is 19.6. The summed E-state index contributed by atoms with van der Waals surface area (Å²) in [5, 5.41) is 17.4. The van der Waals surface area contributed by atoms with Gasteiger partial charge in [0.05, 0.1) is 24.2 Å². The quantitative estimate of drug-likeness (QED) is 0.244. The van der Waals surface area contributed by atoms with Crippen molar-refractivity contribution < 1.29 is 22.5 Å². The Morgan fingerprint density at radius 1 is 1.29 bits per heavy atom. The Bertz CT molecular complexity index is 1340. The number of terminal acetylenes is 1. The molecule has 1 aliphatic heterocycles. The van der Waals surface area contributed by atoms with E-state index in [0.29, 0.717) is 24.9 Å². The fourth-order valence-electron chi connectivity index (χ4n) is 4.22. The number of aliphatic hydroxyl groups excluding tert-OH is 1. The number of nitrogens with one attached hydrogen (secondary N) is 2. The van der Waals surface area contributed by atoms with Crippen LogP contribution in [0.15, 0.2) is 48.7 Å². The Labute approximate surface area is 199 Å². The van der Waals surface area contributed by atoms with Crippen molar-refractivity contribution >= 4 is 26.9 Å². The van der Waals surface area contributed by atoms with Crippen LogP contribution in [-0.2, 0) is 28.8 Å². The van der Waals surface area contributed by atoms with Gasteiger partial charge in [-0.2, -0.15) is 8.42 Å². The van der Waals surface area contributed by atoms with Crippen LogP contribution >= 0.6 is 0 Å². The van der Waals surface area contributed by atoms with Crippen LogP contribution in [0.2, 0.25) is 0 Å². The van der Waals surface area contributed by atoms with Crippen molar-refractivity contribution in [2.75, 3.05) is 13.1 Å². The lowest BCUT2D eigenvalue weighted by Gasteiger charge is -2.25. The Hall–Kier alpha value is -3.32. The number of nitrogens with zero attached hydrogens (tertiary/aromatic N) is 1. The maximum absolute atomic E-state index is 13.3. The Kier molecular flexibility index (Phi) is 6.93. The highest BCUT2D eigenvalue weighted by Crippen LogP contribution is 2.36. The SMILES string of the molecule is C#CCNC[C@@H](O)[C@H](Cc1ccccc1)NC(=O)c1cc2c3c(c1)c(CC)cn3CS(=O)(=O)O2. The van der Waals surface area contributed by atoms with Gasteiger partial charge in [0.1, 0.15) is 0 Å². The van der Waals surface area contributed by atoms with Crippen molar-refractivity contribution in [2.45, 2.75) is 37.8 Å². The summed E-state index contributed by atoms with van der Waals surface area (Å²) in [6.45, 7) is 2.47. The van der Waals surface area contributed by atoms with Gasteiger partial charge < -0.3 is 24.5 Å². The van der Waals surface area contributed by atoms with Crippen molar-refractivity contribution in [3.63, 3.8) is 0 Å². The molecule has 0 spiro atoms. The van der Waals surface area contributed by atoms with Gasteiger partial charge in [-0.15, -0.1) is 6.42 Å². The normalized spacial score (nSPS) is 15.8. The molecule has 1 aromatic heterocycles. The van der Waals surface area contributed by atoms with Gasteiger partial charge in [-0.3, -0.25) is 4.79 Å². The number of hydrogen-bond donors (Lipinski definition) is 3. The van der Waals surface area contributed by atoms with E-state index in [0.717, 1.165) is 16.5 Å². The lowest BCUT2D eigenvalue weighted by Crippen LogP contribution is -2.48. The number of aryl methyl sites for hydroxylation is 1. The Balaban J connectivity index is 1.64. The lowest BCUT2D eigenvalue weighted by atomic mass is 10.00. The molecule has 0 fully saturated rings. The average Bonchev–Trinajstić information content (AvgIpc) is 3.16. The van der Waals surface area contributed by atoms with Gasteiger partial charge in [0.2, 0.25) is 0 Å². The Morgan fingerprint density at radius 3 is 2.76 bits per heavy atom. The van der Waals surface area contributed by atoms with Crippen molar-refractivity contribution in [1.29, 1.82) is 0 Å². The highest BCUT2D eigenvalue weighted by atomic mass is 32.2. The first kappa shape index (κ1) is 23.8. The molecule has 4 rings (SSSR count). The first-order valence-corrected chi connectivity index (χ1v) is 12.6. The molecule has 2 heterocycles. The number of hydrogen-bond acceptors (Lipinski definition) is 6. The molecule has 0 aliphatic carbocycles. The molecule has 2 atom stereocenters. The van der Waals surface area contributed by atoms with Crippen LogP contribution in [0.1, 0.15) is 28.4 Å². The standard InChI is InChI=1S/C25H27N3O5S/c1-3-10-26-14-22(29)21(11-17-8-6-5-7-9-17)27-25(30)19-12-20-18(4-2)15-28-16-34(31,32)33-23(13-19)24(20)28/h1,5-9,12-13,15,21-22,26,29H,4,10-11,14,16H2,2H3,(H,27,30)/t21-,22+/m0/s1. The number of carbonyl (C=O) groups excluding carboxylic acids is 1. The van der Waals surface area contributed by atoms with E-state index < -0.39 is 28.2 Å². The van der Waals surface area contributed by atoms with Crippen LogP contribution in [0.4, 0.5) is 0 Å². The zero-order chi connectivity index (χ0) is 24.3. The molecule has 0 saturated carbocycles. The van der Waals surface area contributed by atoms with Crippen molar-refractivity contribution in [3.05, 3.63) is 65.4 Å². The van der Waals surface area contributed by atoms with Gasteiger partial charge in [0, 0.05) is 23.7 Å². The first-order chi connectivity index (χ1) is 16.3. The summed E-state index contributed by atoms with van der Waals surface area (Å²) in [6, 6.07) is 12.1. The van der Waals surface area contributed by atoms with Crippen molar-refractivity contribution in [3.8, 4) is 18.1 Å². The molecule has 3 N–H and O–H groups in total. The Morgan fingerprint density at radius 2 is 2.06 bits per heavy atom. The third kappa shape index (κ3) is 5.09. The minimum absolute atomic E-state index is 0.129. The van der Waals surface area contributed by atoms with Crippen LogP contribution in [0.5, 0.6) is 5.75 Å². The second-order valence-corrected chi connectivity index (χ2v) is 9.83. The molecule has 34 heavy (non-hydrogen) atoms. The molecule has 1 aliphatic rings. The number of carbonyl (C=O) groups is 1. The smallest absolute Gasteiger partial charge is 0.328 e. The van der Waals surface area contributed by atoms with E-state index in [1.54, 1.807) is 16.8 Å². The molecule has 0 radical (unpaired) electrons. The molecule has 178 valence electrons. The van der Waals surface area contributed by atoms with Gasteiger partial charge in [-0.25, -0.2) is 0 Å². The van der Waals surface area contributed by atoms with Crippen molar-refractivity contribution in [1.82, 2.24) is 15.2 Å². The summed E-state index contributed by atoms with van der Waals surface area (Å²) in [5.74, 6) is 1.89. The largest absolute Gasteiger partial charge is 0.390 e. The predicted octanol–water partition coefficient (Wildman–Crippen LogP) is 1.81. The summed E-state index contributed by atoms with van der Waals surface area (Å²) in [5.41, 5.74) is 2.79. The molecule has 0 bridgehead atoms. The fourth-order valence-corrected chi connectivity index (χ4v) is 5.22. The topological polar surface area (TPSA) is 110 Å². The van der Waals surface area contributed by atoms with E-state index in [9.17, 15) is 18.3 Å². The van der Waals surface area contributed by atoms with Crippen LogP contribution in [-0.4, -0.2) is 49.2 Å². The lowest BCUT2D eigenvalue weighted by molar-refractivity contribution is 0.0832. The summed E-state index contributed by atoms with van der Waals surface area (Å²) in [7, 11) is -3.80. The monoisotopic (exact) mass is 481 g/mol. The van der Waals surface area contributed by atoms with Gasteiger partial charge in [-0.05, 0) is 36.1 Å². The van der Waals surface area contributed by atoms with Gasteiger partial charge in [0.25, 0.3) is 5.91 Å². The maximum atomic E-state index is 13.3. The predicted molar refractivity (Wildman–Crippen MR) is 130 cm³/mol. The van der Waals surface area contributed by atoms with Crippen LogP contribution < -0.4 is 14.8 Å². The third-order valence-electron chi connectivity index (χ3n) is 5.84. The zero-order valence-electron chi connectivity index (χ0n) is 18.8. The highest BCUT2D eigenvalue weighted by Gasteiger charge is 2.29. The van der Waals surface area contributed by atoms with Gasteiger partial charge in [-0.1, -0.05) is 43.2 Å². The molecule has 1 amide bonds. The van der Waals surface area contributed by atoms with E-state index >= 15 is 0 Å². The van der Waals surface area contributed by atoms with E-state index in [1.807, 2.05) is 37.3 Å². The number of benzene rings is 2. The molecular weight excluding hydrogens is 454 g/mol. The number of amides is 1. The summed E-state index contributed by atoms with van der Waals surface area (Å²) in [4.78, 5) is 13.3. The minimum atomic E-state index is -3.80. The van der Waals surface area contributed by atoms with Crippen LogP contribution in [0.25, 0.3) is 10.9 Å². The summed E-state index contributed by atoms with van der Waals surface area (Å²) >= 11 is 0. The number of aromatic nitrogens is 1. The third-order valence-corrected chi connectivity index (χ3v) is 6.86. The number of aliphatic hydroxyl groups is 1. The summed E-state index contributed by atoms with van der Waals surface area (Å²) < 4.78 is 31.3. The second-order valence-electron chi connectivity index (χ2n) is 8.29. The van der Waals surface area contributed by atoms with Gasteiger partial charge >= 0.3 is 10.1 Å². The first-order valence-electron chi connectivity index (χ1n) is 11.1. The molecule has 0 unspecified atom stereocenters. The molecule has 2 aromatic carbocycles. The fraction of sp³-hybridized carbons (Fsp3) is 0.320. The second kappa shape index (κ2) is 9.89. The van der Waals surface area contributed by atoms with Crippen molar-refractivity contribution in [2.24, 2.45) is 0 Å². The maximum Gasteiger partial charge on any atom is 0.328 e. The van der Waals surface area contributed by atoms with Crippen LogP contribution in [0, 0.1) is 12.3 Å². The van der Waals surface area contributed by atoms with E-state index in [1.165, 1.54) is 6.07 Å². The molecule has 8 nitrogen and oxygen atoms in total. The summed E-state index contributed by atoms with van der Waals surface area (Å²) in [6.07, 6.45) is 7.24. The molecule has 9 heteroatoms. The molecular formula is C25H27N3O5S. The van der Waals surface area contributed by atoms with E-state index in [2.05, 4.69) is 16.6 Å². The highest BCUT2D eigenvalue weighted by molar-refractivity contribution is 7.86.